The van der Waals surface area contributed by atoms with Crippen LogP contribution in [0.3, 0.4) is 0 Å². The van der Waals surface area contributed by atoms with Crippen molar-refractivity contribution in [3.8, 4) is 0 Å². The summed E-state index contributed by atoms with van der Waals surface area (Å²) in [5.41, 5.74) is 0. The zero-order chi connectivity index (χ0) is 12.8. The maximum Gasteiger partial charge on any atom is 0.0223 e. The molecule has 2 atom stereocenters. The van der Waals surface area contributed by atoms with Crippen LogP contribution in [0.4, 0.5) is 0 Å². The molecule has 18 heavy (non-hydrogen) atoms. The Balaban J connectivity index is 1.66. The molecule has 3 heteroatoms. The SMILES string of the molecule is CCCNCC1CCN(CC2CCCN2CC)C1. The van der Waals surface area contributed by atoms with E-state index in [1.807, 2.05) is 0 Å². The zero-order valence-electron chi connectivity index (χ0n) is 12.3. The average molecular weight is 253 g/mol. The molecule has 0 amide bonds. The van der Waals surface area contributed by atoms with Crippen LogP contribution in [-0.2, 0) is 0 Å². The van der Waals surface area contributed by atoms with E-state index in [4.69, 9.17) is 0 Å². The number of nitrogens with zero attached hydrogens (tertiary/aromatic N) is 2. The molecule has 0 aromatic rings. The van der Waals surface area contributed by atoms with Crippen LogP contribution in [0.5, 0.6) is 0 Å². The topological polar surface area (TPSA) is 18.5 Å². The minimum Gasteiger partial charge on any atom is -0.316 e. The third-order valence-electron chi connectivity index (χ3n) is 4.60. The molecule has 0 aliphatic carbocycles. The first-order valence-electron chi connectivity index (χ1n) is 8.00. The third-order valence-corrected chi connectivity index (χ3v) is 4.60. The lowest BCUT2D eigenvalue weighted by Crippen LogP contribution is -2.39. The molecular formula is C15H31N3. The number of likely N-dealkylation sites (tertiary alicyclic amines) is 2. The van der Waals surface area contributed by atoms with Crippen LogP contribution in [0, 0.1) is 5.92 Å². The van der Waals surface area contributed by atoms with Crippen molar-refractivity contribution in [1.82, 2.24) is 15.1 Å². The first-order valence-corrected chi connectivity index (χ1v) is 8.00. The molecule has 3 nitrogen and oxygen atoms in total. The summed E-state index contributed by atoms with van der Waals surface area (Å²) in [7, 11) is 0. The van der Waals surface area contributed by atoms with Crippen LogP contribution in [-0.4, -0.2) is 61.7 Å². The van der Waals surface area contributed by atoms with Crippen molar-refractivity contribution in [3.63, 3.8) is 0 Å². The lowest BCUT2D eigenvalue weighted by Gasteiger charge is -2.27. The van der Waals surface area contributed by atoms with Gasteiger partial charge < -0.3 is 10.2 Å². The zero-order valence-corrected chi connectivity index (χ0v) is 12.3. The molecule has 2 fully saturated rings. The second kappa shape index (κ2) is 7.46. The van der Waals surface area contributed by atoms with E-state index in [0.717, 1.165) is 12.0 Å². The number of likely N-dealkylation sites (N-methyl/N-ethyl adjacent to an activating group) is 1. The molecule has 1 N–H and O–H groups in total. The normalized spacial score (nSPS) is 30.3. The third kappa shape index (κ3) is 3.94. The summed E-state index contributed by atoms with van der Waals surface area (Å²) in [4.78, 5) is 5.37. The Bertz CT molecular complexity index is 232. The quantitative estimate of drug-likeness (QED) is 0.698. The Morgan fingerprint density at radius 3 is 2.83 bits per heavy atom. The van der Waals surface area contributed by atoms with Gasteiger partial charge in [0.2, 0.25) is 0 Å². The molecule has 2 rings (SSSR count). The lowest BCUT2D eigenvalue weighted by molar-refractivity contribution is 0.195. The van der Waals surface area contributed by atoms with Crippen LogP contribution >= 0.6 is 0 Å². The molecule has 0 aromatic heterocycles. The fourth-order valence-corrected chi connectivity index (χ4v) is 3.54. The smallest absolute Gasteiger partial charge is 0.0223 e. The molecule has 2 heterocycles. The van der Waals surface area contributed by atoms with Crippen LogP contribution in [0.1, 0.15) is 39.5 Å². The fourth-order valence-electron chi connectivity index (χ4n) is 3.54. The number of hydrogen-bond donors (Lipinski definition) is 1. The van der Waals surface area contributed by atoms with Gasteiger partial charge in [-0.3, -0.25) is 4.90 Å². The Hall–Kier alpha value is -0.120. The van der Waals surface area contributed by atoms with Crippen molar-refractivity contribution in [3.05, 3.63) is 0 Å². The van der Waals surface area contributed by atoms with Crippen molar-refractivity contribution in [2.45, 2.75) is 45.6 Å². The molecular weight excluding hydrogens is 222 g/mol. The summed E-state index contributed by atoms with van der Waals surface area (Å²) in [5.74, 6) is 0.896. The number of rotatable bonds is 7. The predicted octanol–water partition coefficient (Wildman–Crippen LogP) is 1.79. The highest BCUT2D eigenvalue weighted by Gasteiger charge is 2.28. The standard InChI is InChI=1S/C15H31N3/c1-3-8-16-11-14-7-10-17(12-14)13-15-6-5-9-18(15)4-2/h14-16H,3-13H2,1-2H3. The van der Waals surface area contributed by atoms with Gasteiger partial charge in [0.25, 0.3) is 0 Å². The maximum absolute atomic E-state index is 3.57. The van der Waals surface area contributed by atoms with Gasteiger partial charge in [0, 0.05) is 19.1 Å². The Labute approximate surface area is 113 Å². The summed E-state index contributed by atoms with van der Waals surface area (Å²) in [6.45, 7) is 13.5. The fraction of sp³-hybridized carbons (Fsp3) is 1.00. The highest BCUT2D eigenvalue weighted by molar-refractivity contribution is 4.85. The monoisotopic (exact) mass is 253 g/mol. The second-order valence-corrected chi connectivity index (χ2v) is 6.04. The van der Waals surface area contributed by atoms with Crippen molar-refractivity contribution in [1.29, 1.82) is 0 Å². The lowest BCUT2D eigenvalue weighted by atomic mass is 10.1. The first-order chi connectivity index (χ1) is 8.83. The highest BCUT2D eigenvalue weighted by Crippen LogP contribution is 2.21. The Morgan fingerprint density at radius 2 is 2.06 bits per heavy atom. The summed E-state index contributed by atoms with van der Waals surface area (Å²) in [5, 5.41) is 3.57. The van der Waals surface area contributed by atoms with E-state index >= 15 is 0 Å². The predicted molar refractivity (Wildman–Crippen MR) is 78.0 cm³/mol. The summed E-state index contributed by atoms with van der Waals surface area (Å²) in [6, 6.07) is 0.845. The second-order valence-electron chi connectivity index (χ2n) is 6.04. The van der Waals surface area contributed by atoms with Gasteiger partial charge in [-0.2, -0.15) is 0 Å². The minimum absolute atomic E-state index is 0.845. The van der Waals surface area contributed by atoms with E-state index in [1.165, 1.54) is 71.5 Å². The maximum atomic E-state index is 3.57. The molecule has 0 radical (unpaired) electrons. The van der Waals surface area contributed by atoms with E-state index < -0.39 is 0 Å². The molecule has 0 saturated carbocycles. The molecule has 2 saturated heterocycles. The number of nitrogens with one attached hydrogen (secondary N) is 1. The first kappa shape index (κ1) is 14.3. The van der Waals surface area contributed by atoms with Crippen molar-refractivity contribution < 1.29 is 0 Å². The van der Waals surface area contributed by atoms with Gasteiger partial charge in [0.05, 0.1) is 0 Å². The van der Waals surface area contributed by atoms with Gasteiger partial charge in [0.1, 0.15) is 0 Å². The van der Waals surface area contributed by atoms with Crippen molar-refractivity contribution in [2.24, 2.45) is 5.92 Å². The molecule has 0 bridgehead atoms. The molecule has 0 aromatic carbocycles. The van der Waals surface area contributed by atoms with Crippen LogP contribution in [0.25, 0.3) is 0 Å². The van der Waals surface area contributed by atoms with Crippen molar-refractivity contribution in [2.75, 3.05) is 45.8 Å². The van der Waals surface area contributed by atoms with E-state index in [0.29, 0.717) is 0 Å². The number of hydrogen-bond acceptors (Lipinski definition) is 3. The summed E-state index contributed by atoms with van der Waals surface area (Å²) < 4.78 is 0. The van der Waals surface area contributed by atoms with Crippen LogP contribution < -0.4 is 5.32 Å². The Kier molecular flexibility index (Phi) is 5.93. The van der Waals surface area contributed by atoms with Gasteiger partial charge >= 0.3 is 0 Å². The molecule has 2 unspecified atom stereocenters. The van der Waals surface area contributed by atoms with Gasteiger partial charge in [0.15, 0.2) is 0 Å². The molecule has 0 spiro atoms. The van der Waals surface area contributed by atoms with Crippen LogP contribution in [0.15, 0.2) is 0 Å². The van der Waals surface area contributed by atoms with Gasteiger partial charge in [-0.05, 0) is 64.3 Å². The highest BCUT2D eigenvalue weighted by atomic mass is 15.2. The van der Waals surface area contributed by atoms with E-state index in [-0.39, 0.29) is 0 Å². The summed E-state index contributed by atoms with van der Waals surface area (Å²) in [6.07, 6.45) is 5.48. The van der Waals surface area contributed by atoms with Gasteiger partial charge in [-0.1, -0.05) is 13.8 Å². The largest absolute Gasteiger partial charge is 0.316 e. The van der Waals surface area contributed by atoms with E-state index in [9.17, 15) is 0 Å². The minimum atomic E-state index is 0.845. The van der Waals surface area contributed by atoms with Gasteiger partial charge in [-0.25, -0.2) is 0 Å². The average Bonchev–Trinajstić information content (AvgIpc) is 2.99. The molecule has 106 valence electrons. The van der Waals surface area contributed by atoms with Crippen molar-refractivity contribution >= 4 is 0 Å². The molecule has 2 aliphatic heterocycles. The molecule has 2 aliphatic rings. The Morgan fingerprint density at radius 1 is 1.17 bits per heavy atom. The van der Waals surface area contributed by atoms with Gasteiger partial charge in [-0.15, -0.1) is 0 Å². The van der Waals surface area contributed by atoms with E-state index in [1.54, 1.807) is 0 Å². The van der Waals surface area contributed by atoms with E-state index in [2.05, 4.69) is 29.0 Å². The van der Waals surface area contributed by atoms with Crippen LogP contribution in [0.2, 0.25) is 0 Å². The summed E-state index contributed by atoms with van der Waals surface area (Å²) >= 11 is 0.